The summed E-state index contributed by atoms with van der Waals surface area (Å²) < 4.78 is 0.244. The van der Waals surface area contributed by atoms with E-state index in [4.69, 9.17) is 0 Å². The zero-order valence-corrected chi connectivity index (χ0v) is 11.3. The molecule has 0 aromatic heterocycles. The van der Waals surface area contributed by atoms with E-state index in [-0.39, 0.29) is 4.08 Å². The van der Waals surface area contributed by atoms with Crippen molar-refractivity contribution >= 4 is 29.8 Å². The van der Waals surface area contributed by atoms with Crippen LogP contribution >= 0.6 is 23.5 Å². The average Bonchev–Trinajstić information content (AvgIpc) is 2.26. The monoisotopic (exact) mass is 246 g/mol. The van der Waals surface area contributed by atoms with Crippen LogP contribution in [0.5, 0.6) is 0 Å². The topological polar surface area (TPSA) is 17.1 Å². The lowest BCUT2D eigenvalue weighted by Crippen LogP contribution is -2.25. The van der Waals surface area contributed by atoms with Gasteiger partial charge in [0.05, 0.1) is 4.08 Å². The minimum atomic E-state index is 0.244. The van der Waals surface area contributed by atoms with Crippen LogP contribution in [-0.2, 0) is 4.79 Å². The second-order valence-electron chi connectivity index (χ2n) is 4.14. The van der Waals surface area contributed by atoms with Gasteiger partial charge in [-0.2, -0.15) is 0 Å². The summed E-state index contributed by atoms with van der Waals surface area (Å²) in [6, 6.07) is 0. The largest absolute Gasteiger partial charge is 0.303 e. The molecule has 0 saturated carbocycles. The van der Waals surface area contributed by atoms with Crippen LogP contribution in [0.3, 0.4) is 0 Å². The lowest BCUT2D eigenvalue weighted by Gasteiger charge is -2.34. The van der Waals surface area contributed by atoms with Gasteiger partial charge in [0.1, 0.15) is 6.29 Å². The van der Waals surface area contributed by atoms with Gasteiger partial charge in [0.25, 0.3) is 0 Å². The number of carbonyl (C=O) groups is 1. The zero-order chi connectivity index (χ0) is 11.0. The molecule has 0 spiro atoms. The van der Waals surface area contributed by atoms with Crippen LogP contribution in [0.2, 0.25) is 0 Å². The Morgan fingerprint density at radius 2 is 1.93 bits per heavy atom. The molecule has 1 aliphatic heterocycles. The van der Waals surface area contributed by atoms with E-state index in [1.807, 2.05) is 23.5 Å². The molecule has 0 radical (unpaired) electrons. The van der Waals surface area contributed by atoms with E-state index < -0.39 is 0 Å². The molecule has 1 saturated heterocycles. The quantitative estimate of drug-likeness (QED) is 0.497. The third-order valence-electron chi connectivity index (χ3n) is 2.82. The minimum Gasteiger partial charge on any atom is -0.303 e. The summed E-state index contributed by atoms with van der Waals surface area (Å²) in [6.07, 6.45) is 9.65. The van der Waals surface area contributed by atoms with Crippen LogP contribution < -0.4 is 0 Å². The Morgan fingerprint density at radius 3 is 2.53 bits per heavy atom. The normalized spacial score (nSPS) is 20.1. The first-order valence-corrected chi connectivity index (χ1v) is 8.01. The molecule has 1 rings (SSSR count). The van der Waals surface area contributed by atoms with E-state index in [0.717, 1.165) is 12.7 Å². The molecular weight excluding hydrogens is 224 g/mol. The molecule has 0 N–H and O–H groups in total. The fraction of sp³-hybridized carbons (Fsp3) is 0.917. The molecule has 88 valence electrons. The molecule has 0 unspecified atom stereocenters. The third kappa shape index (κ3) is 4.81. The van der Waals surface area contributed by atoms with Crippen molar-refractivity contribution in [2.24, 2.45) is 0 Å². The van der Waals surface area contributed by atoms with Crippen molar-refractivity contribution in [3.8, 4) is 0 Å². The SMILES string of the molecule is CCCCCCC1(CC=O)SCCCS1. The molecule has 1 aliphatic rings. The number of carbonyl (C=O) groups excluding carboxylic acids is 1. The first kappa shape index (κ1) is 13.4. The van der Waals surface area contributed by atoms with Gasteiger partial charge in [0.15, 0.2) is 0 Å². The highest BCUT2D eigenvalue weighted by atomic mass is 32.2. The van der Waals surface area contributed by atoms with E-state index in [9.17, 15) is 4.79 Å². The molecule has 3 heteroatoms. The summed E-state index contributed by atoms with van der Waals surface area (Å²) in [5, 5.41) is 0. The molecule has 0 amide bonds. The van der Waals surface area contributed by atoms with Crippen LogP contribution in [0.25, 0.3) is 0 Å². The maximum absolute atomic E-state index is 10.7. The van der Waals surface area contributed by atoms with Crippen molar-refractivity contribution in [2.75, 3.05) is 11.5 Å². The minimum absolute atomic E-state index is 0.244. The first-order chi connectivity index (χ1) is 7.33. The van der Waals surface area contributed by atoms with E-state index in [2.05, 4.69) is 6.92 Å². The van der Waals surface area contributed by atoms with Crippen molar-refractivity contribution in [1.82, 2.24) is 0 Å². The lowest BCUT2D eigenvalue weighted by molar-refractivity contribution is -0.108. The molecule has 0 aromatic rings. The summed E-state index contributed by atoms with van der Waals surface area (Å²) in [6.45, 7) is 2.24. The molecule has 0 aliphatic carbocycles. The Bertz CT molecular complexity index is 176. The van der Waals surface area contributed by atoms with Gasteiger partial charge in [0.2, 0.25) is 0 Å². The molecular formula is C12H22OS2. The number of hydrogen-bond donors (Lipinski definition) is 0. The average molecular weight is 246 g/mol. The molecule has 0 aromatic carbocycles. The highest BCUT2D eigenvalue weighted by molar-refractivity contribution is 8.18. The molecule has 1 heterocycles. The van der Waals surface area contributed by atoms with E-state index in [1.54, 1.807) is 0 Å². The summed E-state index contributed by atoms with van der Waals surface area (Å²) in [5.41, 5.74) is 0. The van der Waals surface area contributed by atoms with Gasteiger partial charge in [-0.05, 0) is 24.3 Å². The van der Waals surface area contributed by atoms with E-state index in [1.165, 1.54) is 50.0 Å². The smallest absolute Gasteiger partial charge is 0.122 e. The lowest BCUT2D eigenvalue weighted by atomic mass is 10.1. The van der Waals surface area contributed by atoms with Crippen molar-refractivity contribution < 1.29 is 4.79 Å². The van der Waals surface area contributed by atoms with Crippen LogP contribution in [0.15, 0.2) is 0 Å². The zero-order valence-electron chi connectivity index (χ0n) is 9.67. The van der Waals surface area contributed by atoms with Gasteiger partial charge in [0, 0.05) is 6.42 Å². The summed E-state index contributed by atoms with van der Waals surface area (Å²) in [5.74, 6) is 2.49. The Morgan fingerprint density at radius 1 is 1.20 bits per heavy atom. The Labute approximate surface area is 102 Å². The highest BCUT2D eigenvalue weighted by Crippen LogP contribution is 2.47. The number of rotatable bonds is 7. The number of unbranched alkanes of at least 4 members (excludes halogenated alkanes) is 3. The third-order valence-corrected chi connectivity index (χ3v) is 6.31. The Balaban J connectivity index is 2.31. The summed E-state index contributed by atoms with van der Waals surface area (Å²) in [7, 11) is 0. The van der Waals surface area contributed by atoms with Crippen LogP contribution in [0.4, 0.5) is 0 Å². The number of thioether (sulfide) groups is 2. The van der Waals surface area contributed by atoms with Crippen molar-refractivity contribution in [2.45, 2.75) is 55.9 Å². The maximum atomic E-state index is 10.7. The van der Waals surface area contributed by atoms with Crippen molar-refractivity contribution in [1.29, 1.82) is 0 Å². The second-order valence-corrected chi connectivity index (χ2v) is 7.36. The Hall–Kier alpha value is 0.370. The second kappa shape index (κ2) is 7.61. The standard InChI is InChI=1S/C12H22OS2/c1-2-3-4-5-7-12(8-9-13)14-10-6-11-15-12/h9H,2-8,10-11H2,1H3. The molecule has 15 heavy (non-hydrogen) atoms. The fourth-order valence-corrected chi connectivity index (χ4v) is 5.22. The van der Waals surface area contributed by atoms with Gasteiger partial charge in [-0.3, -0.25) is 0 Å². The van der Waals surface area contributed by atoms with Gasteiger partial charge >= 0.3 is 0 Å². The van der Waals surface area contributed by atoms with Gasteiger partial charge in [-0.15, -0.1) is 23.5 Å². The first-order valence-electron chi connectivity index (χ1n) is 6.04. The van der Waals surface area contributed by atoms with Crippen LogP contribution in [0, 0.1) is 0 Å². The molecule has 1 nitrogen and oxygen atoms in total. The number of aldehydes is 1. The maximum Gasteiger partial charge on any atom is 0.122 e. The Kier molecular flexibility index (Phi) is 6.82. The summed E-state index contributed by atoms with van der Waals surface area (Å²) >= 11 is 4.05. The van der Waals surface area contributed by atoms with E-state index in [0.29, 0.717) is 0 Å². The van der Waals surface area contributed by atoms with Crippen molar-refractivity contribution in [3.63, 3.8) is 0 Å². The van der Waals surface area contributed by atoms with Gasteiger partial charge in [-0.25, -0.2) is 0 Å². The molecule has 0 atom stereocenters. The van der Waals surface area contributed by atoms with Crippen LogP contribution in [-0.4, -0.2) is 21.9 Å². The molecule has 1 fully saturated rings. The predicted octanol–water partition coefficient (Wildman–Crippen LogP) is 4.11. The molecule has 0 bridgehead atoms. The fourth-order valence-electron chi connectivity index (χ4n) is 1.93. The van der Waals surface area contributed by atoms with Crippen molar-refractivity contribution in [3.05, 3.63) is 0 Å². The number of hydrogen-bond acceptors (Lipinski definition) is 3. The predicted molar refractivity (Wildman–Crippen MR) is 71.7 cm³/mol. The van der Waals surface area contributed by atoms with E-state index >= 15 is 0 Å². The summed E-state index contributed by atoms with van der Waals surface area (Å²) in [4.78, 5) is 10.7. The highest BCUT2D eigenvalue weighted by Gasteiger charge is 2.32. The van der Waals surface area contributed by atoms with Gasteiger partial charge < -0.3 is 4.79 Å². The van der Waals surface area contributed by atoms with Crippen LogP contribution in [0.1, 0.15) is 51.9 Å². The van der Waals surface area contributed by atoms with Gasteiger partial charge in [-0.1, -0.05) is 32.6 Å².